The first-order valence-corrected chi connectivity index (χ1v) is 11.2. The van der Waals surface area contributed by atoms with Crippen LogP contribution in [0.4, 0.5) is 14.5 Å². The Labute approximate surface area is 197 Å². The van der Waals surface area contributed by atoms with E-state index >= 15 is 8.78 Å². The minimum atomic E-state index is -1.37. The molecule has 1 aliphatic heterocycles. The maximum Gasteiger partial charge on any atom is 0.352 e. The predicted molar refractivity (Wildman–Crippen MR) is 129 cm³/mol. The molecule has 2 heterocycles. The van der Waals surface area contributed by atoms with E-state index in [1.54, 1.807) is 19.1 Å². The molecule has 2 aromatic carbocycles. The van der Waals surface area contributed by atoms with Crippen molar-refractivity contribution in [2.45, 2.75) is 59.1 Å². The van der Waals surface area contributed by atoms with Crippen LogP contribution < -0.4 is 5.32 Å². The van der Waals surface area contributed by atoms with Crippen LogP contribution in [0.15, 0.2) is 35.6 Å². The van der Waals surface area contributed by atoms with Crippen LogP contribution in [0.25, 0.3) is 22.0 Å². The van der Waals surface area contributed by atoms with Gasteiger partial charge < -0.3 is 19.9 Å². The van der Waals surface area contributed by atoms with Gasteiger partial charge in [-0.15, -0.1) is 0 Å². The quantitative estimate of drug-likeness (QED) is 0.351. The van der Waals surface area contributed by atoms with Crippen LogP contribution in [0.1, 0.15) is 52.2 Å². The Balaban J connectivity index is 1.88. The zero-order valence-electron chi connectivity index (χ0n) is 20.2. The van der Waals surface area contributed by atoms with E-state index in [9.17, 15) is 4.79 Å². The lowest BCUT2D eigenvalue weighted by atomic mass is 9.85. The lowest BCUT2D eigenvalue weighted by Crippen LogP contribution is -2.40. The van der Waals surface area contributed by atoms with E-state index in [-0.39, 0.29) is 29.1 Å². The van der Waals surface area contributed by atoms with Crippen LogP contribution in [0, 0.1) is 18.6 Å². The van der Waals surface area contributed by atoms with Gasteiger partial charge in [-0.25, -0.2) is 13.6 Å². The zero-order valence-corrected chi connectivity index (χ0v) is 20.2. The average Bonchev–Trinajstić information content (AvgIpc) is 3.13. The average molecular weight is 470 g/mol. The van der Waals surface area contributed by atoms with Crippen molar-refractivity contribution >= 4 is 28.3 Å². The highest BCUT2D eigenvalue weighted by atomic mass is 19.1. The monoisotopic (exact) mass is 469 g/mol. The molecule has 1 aromatic heterocycles. The number of aryl methyl sites for hydroxylation is 1. The van der Waals surface area contributed by atoms with Gasteiger partial charge in [0.25, 0.3) is 0 Å². The van der Waals surface area contributed by atoms with Gasteiger partial charge in [0.05, 0.1) is 29.0 Å². The molecule has 34 heavy (non-hydrogen) atoms. The highest BCUT2D eigenvalue weighted by Crippen LogP contribution is 2.41. The molecular formula is C26H29F2N3O3. The van der Waals surface area contributed by atoms with Gasteiger partial charge in [-0.05, 0) is 53.2 Å². The van der Waals surface area contributed by atoms with E-state index in [2.05, 4.69) is 15.5 Å². The molecule has 0 saturated heterocycles. The van der Waals surface area contributed by atoms with Crippen LogP contribution in [0.3, 0.4) is 0 Å². The first-order valence-electron chi connectivity index (χ1n) is 11.2. The summed E-state index contributed by atoms with van der Waals surface area (Å²) in [5.74, 6) is -2.01. The summed E-state index contributed by atoms with van der Waals surface area (Å²) in [5.41, 5.74) is 0.674. The number of rotatable bonds is 5. The fourth-order valence-electron chi connectivity index (χ4n) is 4.25. The number of H-pyrrole nitrogens is 1. The smallest absolute Gasteiger partial charge is 0.352 e. The molecule has 4 rings (SSSR count). The van der Waals surface area contributed by atoms with Crippen molar-refractivity contribution in [1.82, 2.24) is 4.98 Å². The van der Waals surface area contributed by atoms with Crippen molar-refractivity contribution in [3.8, 4) is 11.1 Å². The number of ether oxygens (including phenoxy) is 1. The molecule has 8 heteroatoms. The van der Waals surface area contributed by atoms with Gasteiger partial charge in [-0.1, -0.05) is 23.4 Å². The number of para-hydroxylation sites is 1. The molecule has 0 saturated carbocycles. The van der Waals surface area contributed by atoms with Gasteiger partial charge in [-0.2, -0.15) is 0 Å². The van der Waals surface area contributed by atoms with Crippen LogP contribution in [-0.4, -0.2) is 34.4 Å². The van der Waals surface area contributed by atoms with Crippen molar-refractivity contribution in [2.75, 3.05) is 11.9 Å². The maximum absolute atomic E-state index is 16.1. The number of nitrogens with zero attached hydrogens (tertiary/aromatic N) is 1. The molecule has 0 radical (unpaired) electrons. The number of fused-ring (bicyclic) bond motifs is 2. The number of hydrogen-bond donors (Lipinski definition) is 2. The molecule has 0 unspecified atom stereocenters. The third kappa shape index (κ3) is 4.13. The number of benzene rings is 2. The number of aromatic nitrogens is 1. The summed E-state index contributed by atoms with van der Waals surface area (Å²) in [7, 11) is 0. The van der Waals surface area contributed by atoms with Gasteiger partial charge in [-0.3, -0.25) is 0 Å². The molecule has 2 N–H and O–H groups in total. The second-order valence-corrected chi connectivity index (χ2v) is 9.72. The number of oxime groups is 1. The third-order valence-corrected chi connectivity index (χ3v) is 5.93. The number of carbonyl (C=O) groups is 1. The topological polar surface area (TPSA) is 75.7 Å². The minimum absolute atomic E-state index is 0.121. The number of nitrogens with one attached hydrogen (secondary N) is 2. The molecule has 0 bridgehead atoms. The zero-order chi connectivity index (χ0) is 24.8. The fraction of sp³-hybridized carbons (Fsp3) is 0.385. The Morgan fingerprint density at radius 1 is 1.24 bits per heavy atom. The van der Waals surface area contributed by atoms with Crippen molar-refractivity contribution in [3.63, 3.8) is 0 Å². The number of carbonyl (C=O) groups excluding carboxylic acids is 1. The Bertz CT molecular complexity index is 1310. The second-order valence-electron chi connectivity index (χ2n) is 9.72. The van der Waals surface area contributed by atoms with Crippen molar-refractivity contribution in [2.24, 2.45) is 5.16 Å². The van der Waals surface area contributed by atoms with E-state index in [4.69, 9.17) is 9.57 Å². The lowest BCUT2D eigenvalue weighted by Gasteiger charge is -2.35. The van der Waals surface area contributed by atoms with Crippen molar-refractivity contribution in [1.29, 1.82) is 0 Å². The first-order chi connectivity index (χ1) is 15.9. The van der Waals surface area contributed by atoms with Crippen molar-refractivity contribution in [3.05, 3.63) is 53.2 Å². The molecule has 0 atom stereocenters. The minimum Gasteiger partial charge on any atom is -0.463 e. The van der Waals surface area contributed by atoms with Crippen LogP contribution in [0.2, 0.25) is 0 Å². The molecule has 1 aliphatic rings. The number of anilines is 1. The number of esters is 1. The normalized spacial score (nSPS) is 16.3. The first kappa shape index (κ1) is 23.7. The van der Waals surface area contributed by atoms with Gasteiger partial charge in [0, 0.05) is 34.8 Å². The SMILES string of the molecule is CCOC(=O)C(C)(C)O/N=C1\CC(C)(C)Nc2cc(F)c(-c3cccc4c(C)c[nH]c34)c(F)c21. The molecule has 3 aromatic rings. The van der Waals surface area contributed by atoms with Gasteiger partial charge >= 0.3 is 5.97 Å². The summed E-state index contributed by atoms with van der Waals surface area (Å²) in [6.45, 7) is 10.7. The summed E-state index contributed by atoms with van der Waals surface area (Å²) in [5, 5.41) is 8.28. The van der Waals surface area contributed by atoms with E-state index in [1.165, 1.54) is 19.9 Å². The Morgan fingerprint density at radius 2 is 1.97 bits per heavy atom. The van der Waals surface area contributed by atoms with Crippen LogP contribution in [-0.2, 0) is 14.4 Å². The van der Waals surface area contributed by atoms with Crippen LogP contribution in [0.5, 0.6) is 0 Å². The molecule has 0 fully saturated rings. The molecule has 0 amide bonds. The van der Waals surface area contributed by atoms with Gasteiger partial charge in [0.1, 0.15) is 11.6 Å². The highest BCUT2D eigenvalue weighted by Gasteiger charge is 2.37. The third-order valence-electron chi connectivity index (χ3n) is 5.93. The summed E-state index contributed by atoms with van der Waals surface area (Å²) >= 11 is 0. The van der Waals surface area contributed by atoms with Gasteiger partial charge in [0.15, 0.2) is 0 Å². The lowest BCUT2D eigenvalue weighted by molar-refractivity contribution is -0.167. The van der Waals surface area contributed by atoms with Crippen LogP contribution >= 0.6 is 0 Å². The Hall–Kier alpha value is -3.42. The standard InChI is InChI=1S/C26H29F2N3O3/c1-7-33-24(32)26(5,6)34-31-19-12-25(3,4)30-18-11-17(27)20(22(28)21(18)19)16-10-8-9-15-14(2)13-29-23(15)16/h8-11,13,29-30H,7,12H2,1-6H3/b31-19+. The molecule has 6 nitrogen and oxygen atoms in total. The van der Waals surface area contributed by atoms with Gasteiger partial charge in [0.2, 0.25) is 5.60 Å². The molecular weight excluding hydrogens is 440 g/mol. The molecule has 0 aliphatic carbocycles. The number of halogens is 2. The summed E-state index contributed by atoms with van der Waals surface area (Å²) < 4.78 is 36.5. The van der Waals surface area contributed by atoms with E-state index in [0.29, 0.717) is 17.5 Å². The molecule has 180 valence electrons. The fourth-order valence-corrected chi connectivity index (χ4v) is 4.25. The summed E-state index contributed by atoms with van der Waals surface area (Å²) in [6, 6.07) is 6.65. The molecule has 0 spiro atoms. The van der Waals surface area contributed by atoms with Crippen molar-refractivity contribution < 1.29 is 23.1 Å². The summed E-state index contributed by atoms with van der Waals surface area (Å²) in [4.78, 5) is 20.9. The number of hydrogen-bond acceptors (Lipinski definition) is 5. The predicted octanol–water partition coefficient (Wildman–Crippen LogP) is 6.08. The maximum atomic E-state index is 16.1. The van der Waals surface area contributed by atoms with E-state index < -0.39 is 28.7 Å². The second kappa shape index (κ2) is 8.42. The number of aromatic amines is 1. The Morgan fingerprint density at radius 3 is 2.68 bits per heavy atom. The van der Waals surface area contributed by atoms with E-state index in [0.717, 1.165) is 10.9 Å². The Kier molecular flexibility index (Phi) is 5.87. The van der Waals surface area contributed by atoms with E-state index in [1.807, 2.05) is 33.0 Å². The highest BCUT2D eigenvalue weighted by molar-refractivity contribution is 6.09. The summed E-state index contributed by atoms with van der Waals surface area (Å²) in [6.07, 6.45) is 2.11. The largest absolute Gasteiger partial charge is 0.463 e.